The van der Waals surface area contributed by atoms with Gasteiger partial charge in [-0.1, -0.05) is 30.0 Å². The second-order valence-corrected chi connectivity index (χ2v) is 5.46. The predicted octanol–water partition coefficient (Wildman–Crippen LogP) is 2.21. The molecule has 0 aliphatic carbocycles. The highest BCUT2D eigenvalue weighted by molar-refractivity contribution is 5.90. The second-order valence-electron chi connectivity index (χ2n) is 5.46. The Morgan fingerprint density at radius 2 is 1.78 bits per heavy atom. The highest BCUT2D eigenvalue weighted by Crippen LogP contribution is 2.15. The highest BCUT2D eigenvalue weighted by atomic mass is 16.5. The fourth-order valence-electron chi connectivity index (χ4n) is 2.17. The van der Waals surface area contributed by atoms with Crippen molar-refractivity contribution in [3.05, 3.63) is 60.2 Å². The molecule has 0 heterocycles. The Balaban J connectivity index is 2.12. The number of anilines is 1. The summed E-state index contributed by atoms with van der Waals surface area (Å²) in [5, 5.41) is 5.61. The summed E-state index contributed by atoms with van der Waals surface area (Å²) in [6.45, 7) is 1.76. The number of methoxy groups -OCH3 is 1. The number of rotatable bonds is 7. The van der Waals surface area contributed by atoms with Gasteiger partial charge in [0.25, 0.3) is 5.91 Å². The average molecular weight is 366 g/mol. The van der Waals surface area contributed by atoms with Crippen molar-refractivity contribution in [2.45, 2.75) is 13.0 Å². The molecule has 2 rings (SSSR count). The summed E-state index contributed by atoms with van der Waals surface area (Å²) in [4.78, 5) is 24.0. The molecule has 1 amide bonds. The van der Waals surface area contributed by atoms with Gasteiger partial charge in [0.15, 0.2) is 6.04 Å². The zero-order valence-corrected chi connectivity index (χ0v) is 15.3. The van der Waals surface area contributed by atoms with Gasteiger partial charge in [-0.15, -0.1) is 0 Å². The van der Waals surface area contributed by atoms with E-state index in [1.165, 1.54) is 0 Å². The quantitative estimate of drug-likeness (QED) is 0.580. The number of benzene rings is 2. The summed E-state index contributed by atoms with van der Waals surface area (Å²) >= 11 is 0. The number of ether oxygens (including phenoxy) is 2. The molecule has 0 spiro atoms. The van der Waals surface area contributed by atoms with Gasteiger partial charge in [-0.25, -0.2) is 0 Å². The minimum Gasteiger partial charge on any atom is -0.497 e. The summed E-state index contributed by atoms with van der Waals surface area (Å²) < 4.78 is 9.95. The smallest absolute Gasteiger partial charge is 0.325 e. The van der Waals surface area contributed by atoms with Crippen LogP contribution in [0.15, 0.2) is 54.6 Å². The first-order valence-electron chi connectivity index (χ1n) is 8.53. The van der Waals surface area contributed by atoms with Crippen molar-refractivity contribution in [1.29, 1.82) is 0 Å². The molecular formula is C21H22N2O4. The molecule has 0 fully saturated rings. The molecule has 0 aliphatic rings. The van der Waals surface area contributed by atoms with Crippen molar-refractivity contribution in [3.8, 4) is 17.6 Å². The van der Waals surface area contributed by atoms with Gasteiger partial charge < -0.3 is 20.1 Å². The third-order valence-corrected chi connectivity index (χ3v) is 3.51. The molecule has 0 radical (unpaired) electrons. The standard InChI is InChI=1S/C21H22N2O4/c1-3-27-20(24)15-22-21(25)19(14-9-16-7-5-4-6-8-16)23-17-10-12-18(26-2)13-11-17/h4-8,10-13,19,23H,3,15H2,1-2H3,(H,22,25). The SMILES string of the molecule is CCOC(=O)CNC(=O)C(C#Cc1ccccc1)Nc1ccc(OC)cc1. The summed E-state index contributed by atoms with van der Waals surface area (Å²) in [5.74, 6) is 5.68. The Hall–Kier alpha value is -3.46. The lowest BCUT2D eigenvalue weighted by Crippen LogP contribution is -2.41. The summed E-state index contributed by atoms with van der Waals surface area (Å²) in [6, 6.07) is 15.6. The van der Waals surface area contributed by atoms with Crippen LogP contribution in [0.2, 0.25) is 0 Å². The van der Waals surface area contributed by atoms with E-state index in [1.807, 2.05) is 30.3 Å². The maximum atomic E-state index is 12.5. The van der Waals surface area contributed by atoms with Crippen LogP contribution in [0.5, 0.6) is 5.75 Å². The topological polar surface area (TPSA) is 76.7 Å². The van der Waals surface area contributed by atoms with Gasteiger partial charge in [0.05, 0.1) is 13.7 Å². The summed E-state index contributed by atoms with van der Waals surface area (Å²) in [6.07, 6.45) is 0. The van der Waals surface area contributed by atoms with E-state index in [0.29, 0.717) is 11.4 Å². The number of carbonyl (C=O) groups is 2. The van der Waals surface area contributed by atoms with Crippen LogP contribution in [-0.4, -0.2) is 38.2 Å². The van der Waals surface area contributed by atoms with Crippen LogP contribution in [0.1, 0.15) is 12.5 Å². The van der Waals surface area contributed by atoms with Crippen LogP contribution in [0.3, 0.4) is 0 Å². The molecule has 6 nitrogen and oxygen atoms in total. The maximum absolute atomic E-state index is 12.5. The van der Waals surface area contributed by atoms with Crippen molar-refractivity contribution < 1.29 is 19.1 Å². The second kappa shape index (κ2) is 10.5. The van der Waals surface area contributed by atoms with E-state index in [1.54, 1.807) is 38.3 Å². The normalized spacial score (nSPS) is 10.7. The lowest BCUT2D eigenvalue weighted by atomic mass is 10.2. The Morgan fingerprint density at radius 1 is 1.07 bits per heavy atom. The lowest BCUT2D eigenvalue weighted by molar-refractivity contribution is -0.143. The van der Waals surface area contributed by atoms with Crippen LogP contribution in [0, 0.1) is 11.8 Å². The lowest BCUT2D eigenvalue weighted by Gasteiger charge is -2.15. The van der Waals surface area contributed by atoms with Crippen LogP contribution in [-0.2, 0) is 14.3 Å². The Bertz CT molecular complexity index is 808. The minimum atomic E-state index is -0.840. The average Bonchev–Trinajstić information content (AvgIpc) is 2.70. The van der Waals surface area contributed by atoms with Crippen LogP contribution < -0.4 is 15.4 Å². The van der Waals surface area contributed by atoms with Gasteiger partial charge >= 0.3 is 5.97 Å². The van der Waals surface area contributed by atoms with Gasteiger partial charge in [0, 0.05) is 11.3 Å². The number of hydrogen-bond acceptors (Lipinski definition) is 5. The first-order chi connectivity index (χ1) is 13.1. The van der Waals surface area contributed by atoms with Crippen molar-refractivity contribution in [2.24, 2.45) is 0 Å². The molecule has 1 unspecified atom stereocenters. The maximum Gasteiger partial charge on any atom is 0.325 e. The van der Waals surface area contributed by atoms with Crippen molar-refractivity contribution >= 4 is 17.6 Å². The van der Waals surface area contributed by atoms with E-state index in [-0.39, 0.29) is 13.2 Å². The zero-order chi connectivity index (χ0) is 19.5. The Morgan fingerprint density at radius 3 is 2.41 bits per heavy atom. The molecule has 2 aromatic rings. The molecular weight excluding hydrogens is 344 g/mol. The molecule has 1 atom stereocenters. The fraction of sp³-hybridized carbons (Fsp3) is 0.238. The molecule has 0 aliphatic heterocycles. The Labute approximate surface area is 158 Å². The van der Waals surface area contributed by atoms with Crippen LogP contribution in [0.25, 0.3) is 0 Å². The van der Waals surface area contributed by atoms with Crippen molar-refractivity contribution in [3.63, 3.8) is 0 Å². The third kappa shape index (κ3) is 6.75. The largest absolute Gasteiger partial charge is 0.497 e. The third-order valence-electron chi connectivity index (χ3n) is 3.51. The Kier molecular flexibility index (Phi) is 7.73. The summed E-state index contributed by atoms with van der Waals surface area (Å²) in [7, 11) is 1.58. The van der Waals surface area contributed by atoms with E-state index in [2.05, 4.69) is 22.5 Å². The predicted molar refractivity (Wildman–Crippen MR) is 103 cm³/mol. The fourth-order valence-corrected chi connectivity index (χ4v) is 2.17. The number of carbonyl (C=O) groups excluding carboxylic acids is 2. The zero-order valence-electron chi connectivity index (χ0n) is 15.3. The van der Waals surface area contributed by atoms with Crippen LogP contribution >= 0.6 is 0 Å². The molecule has 0 saturated heterocycles. The summed E-state index contributed by atoms with van der Waals surface area (Å²) in [5.41, 5.74) is 1.49. The molecule has 2 aromatic carbocycles. The van der Waals surface area contributed by atoms with Gasteiger partial charge in [0.1, 0.15) is 12.3 Å². The van der Waals surface area contributed by atoms with E-state index in [9.17, 15) is 9.59 Å². The number of esters is 1. The molecule has 0 bridgehead atoms. The molecule has 140 valence electrons. The van der Waals surface area contributed by atoms with Crippen molar-refractivity contribution in [1.82, 2.24) is 5.32 Å². The molecule has 27 heavy (non-hydrogen) atoms. The number of nitrogens with one attached hydrogen (secondary N) is 2. The van der Waals surface area contributed by atoms with Gasteiger partial charge in [0.2, 0.25) is 0 Å². The molecule has 0 saturated carbocycles. The van der Waals surface area contributed by atoms with E-state index < -0.39 is 17.9 Å². The number of amides is 1. The first kappa shape index (κ1) is 19.9. The van der Waals surface area contributed by atoms with Gasteiger partial charge in [-0.2, -0.15) is 0 Å². The van der Waals surface area contributed by atoms with Gasteiger partial charge in [-0.3, -0.25) is 9.59 Å². The van der Waals surface area contributed by atoms with E-state index >= 15 is 0 Å². The molecule has 2 N–H and O–H groups in total. The van der Waals surface area contributed by atoms with E-state index in [0.717, 1.165) is 5.56 Å². The highest BCUT2D eigenvalue weighted by Gasteiger charge is 2.17. The monoisotopic (exact) mass is 366 g/mol. The molecule has 0 aromatic heterocycles. The number of hydrogen-bond donors (Lipinski definition) is 2. The van der Waals surface area contributed by atoms with E-state index in [4.69, 9.17) is 9.47 Å². The first-order valence-corrected chi connectivity index (χ1v) is 8.53. The van der Waals surface area contributed by atoms with Crippen LogP contribution in [0.4, 0.5) is 5.69 Å². The van der Waals surface area contributed by atoms with Crippen molar-refractivity contribution in [2.75, 3.05) is 25.6 Å². The van der Waals surface area contributed by atoms with Gasteiger partial charge in [-0.05, 0) is 43.3 Å². The minimum absolute atomic E-state index is 0.208. The molecule has 6 heteroatoms.